The molecule has 0 bridgehead atoms. The summed E-state index contributed by atoms with van der Waals surface area (Å²) in [7, 11) is 1.68. The number of aromatic amines is 1. The Kier molecular flexibility index (Phi) is 5.58. The van der Waals surface area contributed by atoms with Crippen molar-refractivity contribution in [2.45, 2.75) is 25.3 Å². The summed E-state index contributed by atoms with van der Waals surface area (Å²) in [6.45, 7) is 2.86. The number of hydrogen-bond acceptors (Lipinski definition) is 3. The number of fused-ring (bicyclic) bond motifs is 1. The van der Waals surface area contributed by atoms with Crippen molar-refractivity contribution in [3.05, 3.63) is 59.8 Å². The predicted octanol–water partition coefficient (Wildman–Crippen LogP) is 2.11. The third-order valence-corrected chi connectivity index (χ3v) is 5.66. The third kappa shape index (κ3) is 3.87. The fourth-order valence-electron chi connectivity index (χ4n) is 4.10. The lowest BCUT2D eigenvalue weighted by Crippen LogP contribution is -3.13. The molecule has 1 aliphatic heterocycles. The van der Waals surface area contributed by atoms with Crippen LogP contribution in [0.5, 0.6) is 5.75 Å². The number of ether oxygens (including phenoxy) is 1. The molecule has 3 N–H and O–H groups in total. The first kappa shape index (κ1) is 18.5. The van der Waals surface area contributed by atoms with Crippen LogP contribution in [-0.4, -0.2) is 42.8 Å². The van der Waals surface area contributed by atoms with Crippen molar-refractivity contribution in [3.63, 3.8) is 0 Å². The Morgan fingerprint density at radius 2 is 1.89 bits per heavy atom. The minimum Gasteiger partial charge on any atom is -0.497 e. The van der Waals surface area contributed by atoms with Gasteiger partial charge >= 0.3 is 0 Å². The number of likely N-dealkylation sites (tertiary alicyclic amines) is 1. The lowest BCUT2D eigenvalue weighted by atomic mass is 10.0. The standard InChI is InChI=1S/C22H26N4O2/c1-28-17-11-9-16(10-12-17)20(26-13-5-2-6-14-26)15-23-22(27)21-18-7-3-4-8-19(18)24-25-21/h3-4,7-12,20H,2,5-6,13-15H2,1H3,(H,23,27)(H,24,25)/p+1/t20-/m0/s1. The second kappa shape index (κ2) is 8.44. The van der Waals surface area contributed by atoms with Gasteiger partial charge in [0.1, 0.15) is 11.8 Å². The number of rotatable bonds is 6. The molecule has 0 saturated carbocycles. The van der Waals surface area contributed by atoms with Crippen LogP contribution in [0, 0.1) is 0 Å². The average Bonchev–Trinajstić information content (AvgIpc) is 3.19. The maximum Gasteiger partial charge on any atom is 0.272 e. The molecule has 1 amide bonds. The number of carbonyl (C=O) groups is 1. The first-order valence-electron chi connectivity index (χ1n) is 9.96. The summed E-state index contributed by atoms with van der Waals surface area (Å²) in [4.78, 5) is 14.3. The Hall–Kier alpha value is -2.86. The maximum absolute atomic E-state index is 12.8. The van der Waals surface area contributed by atoms with Gasteiger partial charge in [0, 0.05) is 10.9 Å². The van der Waals surface area contributed by atoms with E-state index in [9.17, 15) is 4.79 Å². The summed E-state index contributed by atoms with van der Waals surface area (Å²) in [5.74, 6) is 0.718. The van der Waals surface area contributed by atoms with E-state index in [1.807, 2.05) is 36.4 Å². The largest absolute Gasteiger partial charge is 0.497 e. The van der Waals surface area contributed by atoms with Crippen LogP contribution < -0.4 is 15.0 Å². The number of carbonyl (C=O) groups excluding carboxylic acids is 1. The van der Waals surface area contributed by atoms with E-state index >= 15 is 0 Å². The molecule has 1 fully saturated rings. The van der Waals surface area contributed by atoms with Crippen molar-refractivity contribution in [2.75, 3.05) is 26.7 Å². The molecule has 3 aromatic rings. The van der Waals surface area contributed by atoms with Crippen molar-refractivity contribution in [1.82, 2.24) is 15.5 Å². The van der Waals surface area contributed by atoms with Crippen molar-refractivity contribution in [3.8, 4) is 5.75 Å². The van der Waals surface area contributed by atoms with Gasteiger partial charge in [-0.15, -0.1) is 0 Å². The zero-order valence-electron chi connectivity index (χ0n) is 16.2. The summed E-state index contributed by atoms with van der Waals surface area (Å²) in [6.07, 6.45) is 3.77. The first-order chi connectivity index (χ1) is 13.8. The fraction of sp³-hybridized carbons (Fsp3) is 0.364. The van der Waals surface area contributed by atoms with Crippen LogP contribution in [0.4, 0.5) is 0 Å². The van der Waals surface area contributed by atoms with E-state index in [4.69, 9.17) is 4.74 Å². The zero-order valence-corrected chi connectivity index (χ0v) is 16.2. The number of hydrogen-bond donors (Lipinski definition) is 3. The van der Waals surface area contributed by atoms with E-state index in [2.05, 4.69) is 27.6 Å². The highest BCUT2D eigenvalue weighted by molar-refractivity contribution is 6.04. The second-order valence-electron chi connectivity index (χ2n) is 7.37. The lowest BCUT2D eigenvalue weighted by Gasteiger charge is -2.32. The van der Waals surface area contributed by atoms with Crippen LogP contribution in [-0.2, 0) is 0 Å². The van der Waals surface area contributed by atoms with Gasteiger partial charge in [0.25, 0.3) is 5.91 Å². The normalized spacial score (nSPS) is 16.0. The van der Waals surface area contributed by atoms with Crippen LogP contribution in [0.25, 0.3) is 10.9 Å². The van der Waals surface area contributed by atoms with Crippen LogP contribution in [0.1, 0.15) is 41.4 Å². The summed E-state index contributed by atoms with van der Waals surface area (Å²) in [5.41, 5.74) is 2.56. The van der Waals surface area contributed by atoms with Gasteiger partial charge in [-0.2, -0.15) is 5.10 Å². The predicted molar refractivity (Wildman–Crippen MR) is 109 cm³/mol. The molecular weight excluding hydrogens is 352 g/mol. The number of amides is 1. The van der Waals surface area contributed by atoms with Crippen molar-refractivity contribution >= 4 is 16.8 Å². The number of para-hydroxylation sites is 1. The third-order valence-electron chi connectivity index (χ3n) is 5.66. The van der Waals surface area contributed by atoms with Gasteiger partial charge in [-0.25, -0.2) is 0 Å². The van der Waals surface area contributed by atoms with E-state index in [1.165, 1.54) is 29.7 Å². The van der Waals surface area contributed by atoms with Gasteiger partial charge in [0.2, 0.25) is 0 Å². The average molecular weight is 379 g/mol. The molecule has 1 aromatic heterocycles. The zero-order chi connectivity index (χ0) is 19.3. The summed E-state index contributed by atoms with van der Waals surface area (Å²) < 4.78 is 5.29. The Balaban J connectivity index is 1.52. The van der Waals surface area contributed by atoms with E-state index in [0.717, 1.165) is 29.7 Å². The Labute approximate surface area is 164 Å². The molecule has 4 rings (SSSR count). The number of aromatic nitrogens is 2. The highest BCUT2D eigenvalue weighted by atomic mass is 16.5. The molecular formula is C22H27N4O2+. The molecule has 0 spiro atoms. The van der Waals surface area contributed by atoms with E-state index < -0.39 is 0 Å². The summed E-state index contributed by atoms with van der Waals surface area (Å²) >= 11 is 0. The van der Waals surface area contributed by atoms with Gasteiger partial charge in [-0.3, -0.25) is 9.89 Å². The monoisotopic (exact) mass is 379 g/mol. The first-order valence-corrected chi connectivity index (χ1v) is 9.96. The summed E-state index contributed by atoms with van der Waals surface area (Å²) in [6, 6.07) is 16.1. The van der Waals surface area contributed by atoms with Crippen LogP contribution in [0.15, 0.2) is 48.5 Å². The molecule has 0 unspecified atom stereocenters. The number of nitrogens with zero attached hydrogens (tertiary/aromatic N) is 1. The van der Waals surface area contributed by atoms with Crippen molar-refractivity contribution in [1.29, 1.82) is 0 Å². The fourth-order valence-corrected chi connectivity index (χ4v) is 4.10. The van der Waals surface area contributed by atoms with Gasteiger partial charge in [0.05, 0.1) is 32.3 Å². The van der Waals surface area contributed by atoms with E-state index in [-0.39, 0.29) is 11.9 Å². The number of benzene rings is 2. The van der Waals surface area contributed by atoms with Crippen LogP contribution in [0.2, 0.25) is 0 Å². The molecule has 1 atom stereocenters. The van der Waals surface area contributed by atoms with Crippen molar-refractivity contribution < 1.29 is 14.4 Å². The number of quaternary nitrogens is 1. The van der Waals surface area contributed by atoms with Crippen LogP contribution >= 0.6 is 0 Å². The van der Waals surface area contributed by atoms with Gasteiger partial charge in [-0.1, -0.05) is 18.2 Å². The van der Waals surface area contributed by atoms with Crippen molar-refractivity contribution in [2.24, 2.45) is 0 Å². The lowest BCUT2D eigenvalue weighted by molar-refractivity contribution is -0.935. The quantitative estimate of drug-likeness (QED) is 0.614. The van der Waals surface area contributed by atoms with E-state index in [0.29, 0.717) is 12.2 Å². The molecule has 28 heavy (non-hydrogen) atoms. The second-order valence-corrected chi connectivity index (χ2v) is 7.37. The highest BCUT2D eigenvalue weighted by Gasteiger charge is 2.27. The molecule has 6 heteroatoms. The number of H-pyrrole nitrogens is 1. The molecule has 0 aliphatic carbocycles. The minimum atomic E-state index is -0.132. The maximum atomic E-state index is 12.8. The topological polar surface area (TPSA) is 71.4 Å². The Morgan fingerprint density at radius 1 is 1.14 bits per heavy atom. The van der Waals surface area contributed by atoms with Gasteiger partial charge in [-0.05, 0) is 49.6 Å². The molecule has 2 heterocycles. The highest BCUT2D eigenvalue weighted by Crippen LogP contribution is 2.18. The molecule has 1 aliphatic rings. The SMILES string of the molecule is COc1ccc([C@H](CNC(=O)c2n[nH]c3ccccc23)[NH+]2CCCCC2)cc1. The minimum absolute atomic E-state index is 0.132. The summed E-state index contributed by atoms with van der Waals surface area (Å²) in [5, 5.41) is 11.1. The smallest absolute Gasteiger partial charge is 0.272 e. The number of nitrogens with one attached hydrogen (secondary N) is 3. The molecule has 2 aromatic carbocycles. The Bertz CT molecular complexity index is 929. The molecule has 0 radical (unpaired) electrons. The van der Waals surface area contributed by atoms with Crippen LogP contribution in [0.3, 0.4) is 0 Å². The molecule has 6 nitrogen and oxygen atoms in total. The number of piperidine rings is 1. The molecule has 146 valence electrons. The van der Waals surface area contributed by atoms with Gasteiger partial charge < -0.3 is 15.0 Å². The Morgan fingerprint density at radius 3 is 2.64 bits per heavy atom. The number of methoxy groups -OCH3 is 1. The van der Waals surface area contributed by atoms with Gasteiger partial charge in [0.15, 0.2) is 5.69 Å². The van der Waals surface area contributed by atoms with E-state index in [1.54, 1.807) is 7.11 Å². The molecule has 1 saturated heterocycles.